The molecule has 2 atom stereocenters. The van der Waals surface area contributed by atoms with Gasteiger partial charge in [0.05, 0.1) is 11.0 Å². The second kappa shape index (κ2) is 9.06. The van der Waals surface area contributed by atoms with Crippen molar-refractivity contribution < 1.29 is 0 Å². The van der Waals surface area contributed by atoms with Gasteiger partial charge in [-0.25, -0.2) is 4.98 Å². The van der Waals surface area contributed by atoms with Crippen molar-refractivity contribution in [2.45, 2.75) is 39.0 Å². The molecule has 1 aliphatic heterocycles. The highest BCUT2D eigenvalue weighted by molar-refractivity contribution is 14.0. The van der Waals surface area contributed by atoms with Crippen molar-refractivity contribution in [1.82, 2.24) is 20.2 Å². The maximum absolute atomic E-state index is 4.89. The molecule has 142 valence electrons. The van der Waals surface area contributed by atoms with Crippen LogP contribution in [0.4, 0.5) is 0 Å². The van der Waals surface area contributed by atoms with Gasteiger partial charge in [0, 0.05) is 32.6 Å². The van der Waals surface area contributed by atoms with Crippen molar-refractivity contribution in [3.8, 4) is 0 Å². The van der Waals surface area contributed by atoms with Crippen LogP contribution in [0.1, 0.15) is 38.4 Å². The molecule has 2 aliphatic rings. The molecular formula is C20H30IN5. The summed E-state index contributed by atoms with van der Waals surface area (Å²) in [5.74, 6) is 3.88. The maximum atomic E-state index is 4.89. The van der Waals surface area contributed by atoms with Gasteiger partial charge < -0.3 is 15.2 Å². The van der Waals surface area contributed by atoms with Crippen LogP contribution in [0.25, 0.3) is 11.0 Å². The van der Waals surface area contributed by atoms with E-state index in [-0.39, 0.29) is 24.0 Å². The summed E-state index contributed by atoms with van der Waals surface area (Å²) in [6, 6.07) is 8.19. The number of likely N-dealkylation sites (tertiary alicyclic amines) is 1. The summed E-state index contributed by atoms with van der Waals surface area (Å²) in [5, 5.41) is 3.49. The Morgan fingerprint density at radius 1 is 1.23 bits per heavy atom. The van der Waals surface area contributed by atoms with Crippen LogP contribution in [0.5, 0.6) is 0 Å². The lowest BCUT2D eigenvalue weighted by Gasteiger charge is -2.22. The fourth-order valence-electron chi connectivity index (χ4n) is 4.40. The van der Waals surface area contributed by atoms with Crippen molar-refractivity contribution in [3.63, 3.8) is 0 Å². The summed E-state index contributed by atoms with van der Waals surface area (Å²) in [6.45, 7) is 6.21. The van der Waals surface area contributed by atoms with Gasteiger partial charge in [-0.2, -0.15) is 0 Å². The first-order valence-electron chi connectivity index (χ1n) is 9.80. The summed E-state index contributed by atoms with van der Waals surface area (Å²) in [4.78, 5) is 15.4. The number of nitrogens with zero attached hydrogens (tertiary/aromatic N) is 3. The van der Waals surface area contributed by atoms with E-state index in [1.165, 1.54) is 38.8 Å². The number of aliphatic imine (C=N–C) groups is 1. The average molecular weight is 467 g/mol. The van der Waals surface area contributed by atoms with E-state index < -0.39 is 0 Å². The average Bonchev–Trinajstić information content (AvgIpc) is 3.24. The molecule has 1 saturated carbocycles. The minimum atomic E-state index is 0. The van der Waals surface area contributed by atoms with Crippen LogP contribution in [0.15, 0.2) is 29.3 Å². The number of aromatic amines is 1. The van der Waals surface area contributed by atoms with Crippen LogP contribution < -0.4 is 5.32 Å². The Morgan fingerprint density at radius 3 is 2.65 bits per heavy atom. The molecule has 0 amide bonds. The highest BCUT2D eigenvalue weighted by Gasteiger charge is 2.35. The molecule has 2 N–H and O–H groups in total. The number of para-hydroxylation sites is 2. The zero-order valence-corrected chi connectivity index (χ0v) is 17.9. The number of H-pyrrole nitrogens is 1. The van der Waals surface area contributed by atoms with Crippen LogP contribution in [0.2, 0.25) is 0 Å². The maximum Gasteiger partial charge on any atom is 0.193 e. The molecule has 1 aromatic heterocycles. The zero-order valence-electron chi connectivity index (χ0n) is 15.6. The zero-order chi connectivity index (χ0) is 17.1. The highest BCUT2D eigenvalue weighted by atomic mass is 127. The molecule has 2 unspecified atom stereocenters. The summed E-state index contributed by atoms with van der Waals surface area (Å²) < 4.78 is 0. The SMILES string of the molecule is CCNC(=NCCc1nc2ccccc2[nH]1)N1CC2CCCCC2C1.I. The quantitative estimate of drug-likeness (QED) is 0.409. The Kier molecular flexibility index (Phi) is 6.78. The van der Waals surface area contributed by atoms with Crippen LogP contribution in [-0.2, 0) is 6.42 Å². The highest BCUT2D eigenvalue weighted by Crippen LogP contribution is 2.35. The minimum Gasteiger partial charge on any atom is -0.357 e. The van der Waals surface area contributed by atoms with Crippen molar-refractivity contribution in [2.75, 3.05) is 26.2 Å². The smallest absolute Gasteiger partial charge is 0.193 e. The number of rotatable bonds is 4. The Labute approximate surface area is 173 Å². The Morgan fingerprint density at radius 2 is 1.96 bits per heavy atom. The van der Waals surface area contributed by atoms with Gasteiger partial charge in [-0.1, -0.05) is 25.0 Å². The van der Waals surface area contributed by atoms with Crippen molar-refractivity contribution >= 4 is 41.0 Å². The molecular weight excluding hydrogens is 437 g/mol. The van der Waals surface area contributed by atoms with Crippen molar-refractivity contribution in [2.24, 2.45) is 16.8 Å². The second-order valence-corrected chi connectivity index (χ2v) is 7.40. The Bertz CT molecular complexity index is 694. The second-order valence-electron chi connectivity index (χ2n) is 7.40. The van der Waals surface area contributed by atoms with E-state index in [1.807, 2.05) is 12.1 Å². The third kappa shape index (κ3) is 4.32. The summed E-state index contributed by atoms with van der Waals surface area (Å²) in [7, 11) is 0. The minimum absolute atomic E-state index is 0. The van der Waals surface area contributed by atoms with Crippen molar-refractivity contribution in [1.29, 1.82) is 0 Å². The topological polar surface area (TPSA) is 56.3 Å². The Hall–Kier alpha value is -1.31. The first kappa shape index (κ1) is 19.5. The van der Waals surface area contributed by atoms with Gasteiger partial charge in [0.1, 0.15) is 5.82 Å². The molecule has 2 aromatic rings. The number of halogens is 1. The lowest BCUT2D eigenvalue weighted by Crippen LogP contribution is -2.40. The molecule has 1 saturated heterocycles. The normalized spacial score (nSPS) is 23.0. The van der Waals surface area contributed by atoms with E-state index in [4.69, 9.17) is 4.99 Å². The lowest BCUT2D eigenvalue weighted by atomic mass is 9.82. The molecule has 0 spiro atoms. The van der Waals surface area contributed by atoms with Gasteiger partial charge in [-0.05, 0) is 43.7 Å². The number of hydrogen-bond acceptors (Lipinski definition) is 2. The van der Waals surface area contributed by atoms with Crippen LogP contribution in [0.3, 0.4) is 0 Å². The number of guanidine groups is 1. The number of benzene rings is 1. The molecule has 0 radical (unpaired) electrons. The van der Waals surface area contributed by atoms with Crippen LogP contribution in [-0.4, -0.2) is 47.0 Å². The van der Waals surface area contributed by atoms with Gasteiger partial charge in [0.2, 0.25) is 0 Å². The van der Waals surface area contributed by atoms with E-state index in [1.54, 1.807) is 0 Å². The molecule has 4 rings (SSSR count). The van der Waals surface area contributed by atoms with E-state index in [0.717, 1.165) is 54.2 Å². The Balaban J connectivity index is 0.00000196. The van der Waals surface area contributed by atoms with Gasteiger partial charge in [0.15, 0.2) is 5.96 Å². The first-order chi connectivity index (χ1) is 12.3. The van der Waals surface area contributed by atoms with E-state index in [2.05, 4.69) is 39.2 Å². The summed E-state index contributed by atoms with van der Waals surface area (Å²) in [5.41, 5.74) is 2.15. The number of hydrogen-bond donors (Lipinski definition) is 2. The lowest BCUT2D eigenvalue weighted by molar-refractivity contribution is 0.299. The molecule has 6 heteroatoms. The fourth-order valence-corrected chi connectivity index (χ4v) is 4.40. The number of nitrogens with one attached hydrogen (secondary N) is 2. The summed E-state index contributed by atoms with van der Waals surface area (Å²) in [6.07, 6.45) is 6.48. The van der Waals surface area contributed by atoms with Gasteiger partial charge in [-0.15, -0.1) is 24.0 Å². The van der Waals surface area contributed by atoms with E-state index in [0.29, 0.717) is 0 Å². The standard InChI is InChI=1S/C20H29N5.HI/c1-2-21-20(25-13-15-7-3-4-8-16(15)14-25)22-12-11-19-23-17-9-5-6-10-18(17)24-19;/h5-6,9-10,15-16H,2-4,7-8,11-14H2,1H3,(H,21,22)(H,23,24);1H. The number of fused-ring (bicyclic) bond motifs is 2. The van der Waals surface area contributed by atoms with Gasteiger partial charge >= 0.3 is 0 Å². The monoisotopic (exact) mass is 467 g/mol. The number of aromatic nitrogens is 2. The summed E-state index contributed by atoms with van der Waals surface area (Å²) >= 11 is 0. The van der Waals surface area contributed by atoms with Crippen LogP contribution >= 0.6 is 24.0 Å². The molecule has 2 fully saturated rings. The van der Waals surface area contributed by atoms with Crippen LogP contribution in [0, 0.1) is 11.8 Å². The molecule has 0 bridgehead atoms. The van der Waals surface area contributed by atoms with Crippen molar-refractivity contribution in [3.05, 3.63) is 30.1 Å². The van der Waals surface area contributed by atoms with Gasteiger partial charge in [-0.3, -0.25) is 4.99 Å². The molecule has 1 aliphatic carbocycles. The molecule has 1 aromatic carbocycles. The van der Waals surface area contributed by atoms with Gasteiger partial charge in [0.25, 0.3) is 0 Å². The number of imidazole rings is 1. The fraction of sp³-hybridized carbons (Fsp3) is 0.600. The predicted octanol–water partition coefficient (Wildman–Crippen LogP) is 3.81. The first-order valence-corrected chi connectivity index (χ1v) is 9.80. The molecule has 26 heavy (non-hydrogen) atoms. The molecule has 5 nitrogen and oxygen atoms in total. The largest absolute Gasteiger partial charge is 0.357 e. The third-order valence-corrected chi connectivity index (χ3v) is 5.66. The van der Waals surface area contributed by atoms with E-state index in [9.17, 15) is 0 Å². The van der Waals surface area contributed by atoms with E-state index >= 15 is 0 Å². The molecule has 2 heterocycles. The predicted molar refractivity (Wildman–Crippen MR) is 118 cm³/mol. The third-order valence-electron chi connectivity index (χ3n) is 5.66.